The van der Waals surface area contributed by atoms with E-state index in [-0.39, 0.29) is 0 Å². The highest BCUT2D eigenvalue weighted by molar-refractivity contribution is 5.92. The van der Waals surface area contributed by atoms with Crippen molar-refractivity contribution in [1.29, 1.82) is 5.26 Å². The third-order valence-corrected chi connectivity index (χ3v) is 6.84. The van der Waals surface area contributed by atoms with Crippen molar-refractivity contribution >= 4 is 50.0 Å². The highest BCUT2D eigenvalue weighted by Crippen LogP contribution is 2.38. The maximum absolute atomic E-state index is 9.29. The molecule has 0 N–H and O–H groups in total. The summed E-state index contributed by atoms with van der Waals surface area (Å²) in [5.74, 6) is 0. The van der Waals surface area contributed by atoms with Gasteiger partial charge in [-0.15, -0.1) is 6.58 Å². The predicted molar refractivity (Wildman–Crippen MR) is 171 cm³/mol. The number of benzene rings is 6. The molecule has 0 heterocycles. The van der Waals surface area contributed by atoms with Crippen molar-refractivity contribution in [2.45, 2.75) is 6.92 Å². The van der Waals surface area contributed by atoms with E-state index < -0.39 is 0 Å². The summed E-state index contributed by atoms with van der Waals surface area (Å²) in [7, 11) is 2.02. The fraction of sp³-hybridized carbons (Fsp3) is 0.0541. The van der Waals surface area contributed by atoms with E-state index in [1.54, 1.807) is 6.08 Å². The number of fused-ring (bicyclic) bond motifs is 2. The first kappa shape index (κ1) is 26.3. The van der Waals surface area contributed by atoms with E-state index in [1.807, 2.05) is 38.2 Å². The van der Waals surface area contributed by atoms with Crippen molar-refractivity contribution in [3.63, 3.8) is 0 Å². The van der Waals surface area contributed by atoms with Crippen LogP contribution < -0.4 is 9.80 Å². The molecular weight excluding hydrogens is 486 g/mol. The molecule has 0 unspecified atom stereocenters. The highest BCUT2D eigenvalue weighted by atomic mass is 15.1. The summed E-state index contributed by atoms with van der Waals surface area (Å²) in [6.45, 7) is 5.25. The molecule has 3 nitrogen and oxygen atoms in total. The average molecular weight is 518 g/mol. The van der Waals surface area contributed by atoms with E-state index in [4.69, 9.17) is 0 Å². The van der Waals surface area contributed by atoms with E-state index in [0.717, 1.165) is 28.4 Å². The highest BCUT2D eigenvalue weighted by Gasteiger charge is 2.15. The van der Waals surface area contributed by atoms with Crippen molar-refractivity contribution in [3.8, 4) is 6.07 Å². The van der Waals surface area contributed by atoms with Crippen molar-refractivity contribution in [1.82, 2.24) is 0 Å². The molecular formula is C37H31N3. The zero-order chi connectivity index (χ0) is 27.9. The maximum Gasteiger partial charge on any atom is 0.0992 e. The topological polar surface area (TPSA) is 30.3 Å². The molecule has 0 fully saturated rings. The second-order valence-corrected chi connectivity index (χ2v) is 9.54. The van der Waals surface area contributed by atoms with Crippen LogP contribution in [0.5, 0.6) is 0 Å². The van der Waals surface area contributed by atoms with Crippen LogP contribution in [0.3, 0.4) is 0 Å². The van der Waals surface area contributed by atoms with Crippen molar-refractivity contribution < 1.29 is 0 Å². The zero-order valence-corrected chi connectivity index (χ0v) is 22.8. The number of rotatable bonds is 5. The van der Waals surface area contributed by atoms with Crippen molar-refractivity contribution in [2.24, 2.45) is 0 Å². The number of hydrogen-bond donors (Lipinski definition) is 0. The summed E-state index contributed by atoms with van der Waals surface area (Å²) in [5, 5.41) is 14.1. The van der Waals surface area contributed by atoms with E-state index >= 15 is 0 Å². The van der Waals surface area contributed by atoms with Gasteiger partial charge in [-0.25, -0.2) is 0 Å². The lowest BCUT2D eigenvalue weighted by molar-refractivity contribution is 1.20. The Kier molecular flexibility index (Phi) is 7.90. The Bertz CT molecular complexity index is 1730. The Labute approximate surface area is 236 Å². The lowest BCUT2D eigenvalue weighted by atomic mass is 10.1. The monoisotopic (exact) mass is 517 g/mol. The summed E-state index contributed by atoms with van der Waals surface area (Å²) in [6.07, 6.45) is 1.75. The Morgan fingerprint density at radius 2 is 1.02 bits per heavy atom. The van der Waals surface area contributed by atoms with Crippen LogP contribution in [0.1, 0.15) is 12.5 Å². The van der Waals surface area contributed by atoms with Crippen LogP contribution in [0.4, 0.5) is 28.4 Å². The minimum absolute atomic E-state index is 0.653. The van der Waals surface area contributed by atoms with Crippen molar-refractivity contribution in [2.75, 3.05) is 16.8 Å². The first-order chi connectivity index (χ1) is 19.6. The minimum Gasteiger partial charge on any atom is -0.345 e. The van der Waals surface area contributed by atoms with Gasteiger partial charge in [-0.2, -0.15) is 5.26 Å². The molecule has 0 aliphatic heterocycles. The van der Waals surface area contributed by atoms with Gasteiger partial charge in [0, 0.05) is 35.5 Å². The first-order valence-electron chi connectivity index (χ1n) is 13.3. The van der Waals surface area contributed by atoms with Crippen molar-refractivity contribution in [3.05, 3.63) is 152 Å². The summed E-state index contributed by atoms with van der Waals surface area (Å²) in [4.78, 5) is 4.40. The minimum atomic E-state index is 0.653. The Morgan fingerprint density at radius 3 is 1.55 bits per heavy atom. The molecule has 6 aromatic carbocycles. The van der Waals surface area contributed by atoms with Crippen LogP contribution in [0.15, 0.2) is 146 Å². The fourth-order valence-electron chi connectivity index (χ4n) is 4.84. The molecule has 3 heteroatoms. The SMILES string of the molecule is C=CC.CN(c1ccc(N(c2ccc3ccccc3c2)c2ccc3ccccc3c2)cc1)c1cccc(C#N)c1. The lowest BCUT2D eigenvalue weighted by Gasteiger charge is -2.27. The Balaban J connectivity index is 0.00000103. The molecule has 0 bridgehead atoms. The van der Waals surface area contributed by atoms with Gasteiger partial charge in [0.1, 0.15) is 0 Å². The van der Waals surface area contributed by atoms with Crippen LogP contribution in [0.2, 0.25) is 0 Å². The Morgan fingerprint density at radius 1 is 0.550 bits per heavy atom. The summed E-state index contributed by atoms with van der Waals surface area (Å²) >= 11 is 0. The van der Waals surface area contributed by atoms with Gasteiger partial charge in [-0.1, -0.05) is 72.8 Å². The van der Waals surface area contributed by atoms with Crippen LogP contribution in [0.25, 0.3) is 21.5 Å². The van der Waals surface area contributed by atoms with Gasteiger partial charge < -0.3 is 9.80 Å². The van der Waals surface area contributed by atoms with Gasteiger partial charge in [-0.05, 0) is 95.2 Å². The summed E-state index contributed by atoms with van der Waals surface area (Å²) < 4.78 is 0. The van der Waals surface area contributed by atoms with E-state index in [0.29, 0.717) is 5.56 Å². The fourth-order valence-corrected chi connectivity index (χ4v) is 4.84. The number of hydrogen-bond acceptors (Lipinski definition) is 3. The zero-order valence-electron chi connectivity index (χ0n) is 22.8. The standard InChI is InChI=1S/C34H25N3.C3H6/c1-36(32-12-6-7-25(21-32)24-35)30-17-19-31(20-18-30)37(33-15-13-26-8-2-4-10-28(26)22-33)34-16-14-27-9-3-5-11-29(27)23-34;1-3-2/h2-23H,1H3;3H,1H2,2H3. The van der Waals surface area contributed by atoms with E-state index in [1.165, 1.54) is 21.5 Å². The van der Waals surface area contributed by atoms with Gasteiger partial charge in [0.2, 0.25) is 0 Å². The smallest absolute Gasteiger partial charge is 0.0992 e. The van der Waals surface area contributed by atoms with Gasteiger partial charge in [-0.3, -0.25) is 0 Å². The van der Waals surface area contributed by atoms with Crippen LogP contribution in [-0.2, 0) is 0 Å². The first-order valence-corrected chi connectivity index (χ1v) is 13.3. The molecule has 0 amide bonds. The second kappa shape index (κ2) is 12.0. The quantitative estimate of drug-likeness (QED) is 0.213. The van der Waals surface area contributed by atoms with Gasteiger partial charge in [0.15, 0.2) is 0 Å². The number of nitrogens with zero attached hydrogens (tertiary/aromatic N) is 3. The molecule has 0 atom stereocenters. The van der Waals surface area contributed by atoms with Crippen LogP contribution in [-0.4, -0.2) is 7.05 Å². The van der Waals surface area contributed by atoms with E-state index in [9.17, 15) is 5.26 Å². The van der Waals surface area contributed by atoms with Gasteiger partial charge >= 0.3 is 0 Å². The average Bonchev–Trinajstić information content (AvgIpc) is 3.01. The third kappa shape index (κ3) is 5.57. The number of nitriles is 1. The van der Waals surface area contributed by atoms with Gasteiger partial charge in [0.05, 0.1) is 11.6 Å². The Hall–Kier alpha value is -5.33. The molecule has 6 rings (SSSR count). The molecule has 0 aliphatic carbocycles. The second-order valence-electron chi connectivity index (χ2n) is 9.54. The largest absolute Gasteiger partial charge is 0.345 e. The number of allylic oxidation sites excluding steroid dienone is 1. The molecule has 0 spiro atoms. The lowest BCUT2D eigenvalue weighted by Crippen LogP contribution is -2.12. The molecule has 6 aromatic rings. The van der Waals surface area contributed by atoms with Gasteiger partial charge in [0.25, 0.3) is 0 Å². The third-order valence-electron chi connectivity index (χ3n) is 6.84. The maximum atomic E-state index is 9.29. The summed E-state index contributed by atoms with van der Waals surface area (Å²) in [5.41, 5.74) is 5.98. The molecule has 0 aromatic heterocycles. The number of anilines is 5. The molecule has 194 valence electrons. The molecule has 0 radical (unpaired) electrons. The summed E-state index contributed by atoms with van der Waals surface area (Å²) in [6, 6.07) is 48.6. The van der Waals surface area contributed by atoms with Crippen LogP contribution in [0, 0.1) is 11.3 Å². The van der Waals surface area contributed by atoms with Crippen LogP contribution >= 0.6 is 0 Å². The molecule has 0 saturated heterocycles. The molecule has 40 heavy (non-hydrogen) atoms. The normalized spacial score (nSPS) is 10.3. The molecule has 0 aliphatic rings. The predicted octanol–water partition coefficient (Wildman–Crippen LogP) is 10.3. The molecule has 0 saturated carbocycles. The van der Waals surface area contributed by atoms with E-state index in [2.05, 4.69) is 132 Å².